The zero-order chi connectivity index (χ0) is 18.3. The second kappa shape index (κ2) is 6.41. The number of rotatable bonds is 3. The number of nitrogens with zero attached hydrogens (tertiary/aromatic N) is 1. The van der Waals surface area contributed by atoms with Crippen molar-refractivity contribution in [2.24, 2.45) is 5.41 Å². The van der Waals surface area contributed by atoms with Crippen LogP contribution in [0.5, 0.6) is 5.75 Å². The van der Waals surface area contributed by atoms with Gasteiger partial charge in [-0.2, -0.15) is 0 Å². The van der Waals surface area contributed by atoms with Gasteiger partial charge in [-0.25, -0.2) is 10.4 Å². The fourth-order valence-corrected chi connectivity index (χ4v) is 3.74. The Kier molecular flexibility index (Phi) is 4.20. The summed E-state index contributed by atoms with van der Waals surface area (Å²) in [6, 6.07) is 8.10. The fourth-order valence-electron chi connectivity index (χ4n) is 3.74. The number of nitrogens with one attached hydrogen (secondary N) is 4. The maximum absolute atomic E-state index is 12.4. The number of aromatic amines is 1. The lowest BCUT2D eigenvalue weighted by molar-refractivity contribution is 0.0940. The second-order valence-electron chi connectivity index (χ2n) is 7.86. The van der Waals surface area contributed by atoms with Crippen molar-refractivity contribution < 1.29 is 9.53 Å². The molecule has 2 aliphatic heterocycles. The van der Waals surface area contributed by atoms with E-state index in [0.717, 1.165) is 35.8 Å². The minimum atomic E-state index is -0.0898. The molecule has 2 aliphatic rings. The van der Waals surface area contributed by atoms with Crippen LogP contribution in [0, 0.1) is 5.41 Å². The first-order valence-electron chi connectivity index (χ1n) is 8.96. The van der Waals surface area contributed by atoms with Gasteiger partial charge in [0.15, 0.2) is 0 Å². The molecule has 3 heterocycles. The first kappa shape index (κ1) is 17.1. The van der Waals surface area contributed by atoms with Crippen LogP contribution in [0.15, 0.2) is 24.3 Å². The van der Waals surface area contributed by atoms with Crippen molar-refractivity contribution >= 4 is 5.91 Å². The first-order chi connectivity index (χ1) is 12.5. The number of methoxy groups -OCH3 is 1. The van der Waals surface area contributed by atoms with Crippen LogP contribution >= 0.6 is 0 Å². The van der Waals surface area contributed by atoms with Gasteiger partial charge in [-0.3, -0.25) is 10.2 Å². The van der Waals surface area contributed by atoms with Crippen LogP contribution in [-0.2, 0) is 6.42 Å². The molecule has 1 aromatic carbocycles. The molecule has 7 heteroatoms. The van der Waals surface area contributed by atoms with Gasteiger partial charge in [0, 0.05) is 18.8 Å². The Morgan fingerprint density at radius 1 is 1.23 bits per heavy atom. The van der Waals surface area contributed by atoms with E-state index in [4.69, 9.17) is 4.74 Å². The number of H-pyrrole nitrogens is 1. The molecule has 138 valence electrons. The smallest absolute Gasteiger partial charge is 0.271 e. The molecule has 4 N–H and O–H groups in total. The third-order valence-corrected chi connectivity index (χ3v) is 5.20. The number of hydrazine groups is 1. The van der Waals surface area contributed by atoms with E-state index in [0.29, 0.717) is 12.2 Å². The molecule has 1 amide bonds. The van der Waals surface area contributed by atoms with Crippen LogP contribution in [-0.4, -0.2) is 36.1 Å². The van der Waals surface area contributed by atoms with E-state index >= 15 is 0 Å². The van der Waals surface area contributed by atoms with E-state index in [9.17, 15) is 4.79 Å². The number of fused-ring (bicyclic) bond motifs is 1. The number of benzene rings is 1. The molecular formula is C19H25N5O2. The molecule has 26 heavy (non-hydrogen) atoms. The zero-order valence-electron chi connectivity index (χ0n) is 15.3. The number of aromatic nitrogens is 2. The molecule has 0 saturated carbocycles. The van der Waals surface area contributed by atoms with Gasteiger partial charge in [-0.05, 0) is 29.5 Å². The highest BCUT2D eigenvalue weighted by Crippen LogP contribution is 2.34. The molecule has 2 aromatic rings. The Hall–Kier alpha value is -2.38. The first-order valence-corrected chi connectivity index (χ1v) is 8.96. The Labute approximate surface area is 152 Å². The van der Waals surface area contributed by atoms with Crippen molar-refractivity contribution in [2.45, 2.75) is 32.2 Å². The molecule has 4 rings (SSSR count). The third kappa shape index (κ3) is 3.08. The minimum Gasteiger partial charge on any atom is -0.497 e. The molecule has 1 saturated heterocycles. The normalized spacial score (nSPS) is 24.7. The van der Waals surface area contributed by atoms with E-state index in [1.807, 2.05) is 12.1 Å². The van der Waals surface area contributed by atoms with Crippen molar-refractivity contribution in [1.29, 1.82) is 0 Å². The van der Waals surface area contributed by atoms with Gasteiger partial charge in [0.25, 0.3) is 5.91 Å². The molecule has 7 nitrogen and oxygen atoms in total. The van der Waals surface area contributed by atoms with Gasteiger partial charge >= 0.3 is 0 Å². The van der Waals surface area contributed by atoms with Crippen molar-refractivity contribution in [3.05, 3.63) is 47.0 Å². The quantitative estimate of drug-likeness (QED) is 0.672. The fraction of sp³-hybridized carbons (Fsp3) is 0.474. The van der Waals surface area contributed by atoms with Crippen molar-refractivity contribution in [3.63, 3.8) is 0 Å². The topological polar surface area (TPSA) is 91.1 Å². The predicted octanol–water partition coefficient (Wildman–Crippen LogP) is 1.66. The van der Waals surface area contributed by atoms with Crippen molar-refractivity contribution in [3.8, 4) is 5.75 Å². The summed E-state index contributed by atoms with van der Waals surface area (Å²) >= 11 is 0. The van der Waals surface area contributed by atoms with Gasteiger partial charge in [-0.15, -0.1) is 0 Å². The summed E-state index contributed by atoms with van der Waals surface area (Å²) in [5.41, 5.74) is 9.17. The predicted molar refractivity (Wildman–Crippen MR) is 98.0 cm³/mol. The maximum atomic E-state index is 12.4. The minimum absolute atomic E-state index is 0.00622. The van der Waals surface area contributed by atoms with Crippen LogP contribution in [0.1, 0.15) is 53.4 Å². The second-order valence-corrected chi connectivity index (χ2v) is 7.86. The molecule has 0 aliphatic carbocycles. The Balaban J connectivity index is 1.64. The average molecular weight is 355 g/mol. The number of ether oxygens (including phenoxy) is 1. The highest BCUT2D eigenvalue weighted by molar-refractivity contribution is 5.94. The molecule has 1 fully saturated rings. The lowest BCUT2D eigenvalue weighted by atomic mass is 9.88. The van der Waals surface area contributed by atoms with E-state index in [2.05, 4.69) is 52.1 Å². The summed E-state index contributed by atoms with van der Waals surface area (Å²) in [5, 5.41) is 2.98. The van der Waals surface area contributed by atoms with Crippen LogP contribution in [0.2, 0.25) is 0 Å². The number of imidazole rings is 1. The average Bonchev–Trinajstić information content (AvgIpc) is 3.24. The maximum Gasteiger partial charge on any atom is 0.271 e. The summed E-state index contributed by atoms with van der Waals surface area (Å²) in [4.78, 5) is 20.5. The number of carbonyl (C=O) groups is 1. The molecule has 0 spiro atoms. The molecular weight excluding hydrogens is 330 g/mol. The lowest BCUT2D eigenvalue weighted by Crippen LogP contribution is -2.32. The standard InChI is InChI=1S/C19H25N5O2/c1-19(2)8-14-16(18(25)20-10-19)23-17(22-14)13-9-21-24-15(13)11-4-6-12(26-3)7-5-11/h4-7,13,15,21,24H,8-10H2,1-3H3,(H,20,25)(H,22,23). The van der Waals surface area contributed by atoms with Crippen LogP contribution in [0.3, 0.4) is 0 Å². The summed E-state index contributed by atoms with van der Waals surface area (Å²) in [6.45, 7) is 5.71. The van der Waals surface area contributed by atoms with Gasteiger partial charge in [0.2, 0.25) is 0 Å². The monoisotopic (exact) mass is 355 g/mol. The summed E-state index contributed by atoms with van der Waals surface area (Å²) in [5.74, 6) is 1.71. The van der Waals surface area contributed by atoms with Crippen molar-refractivity contribution in [1.82, 2.24) is 26.1 Å². The number of hydrogen-bond acceptors (Lipinski definition) is 5. The molecule has 2 atom stereocenters. The highest BCUT2D eigenvalue weighted by Gasteiger charge is 2.35. The van der Waals surface area contributed by atoms with Crippen LogP contribution in [0.25, 0.3) is 0 Å². The van der Waals surface area contributed by atoms with Gasteiger partial charge in [0.1, 0.15) is 17.3 Å². The van der Waals surface area contributed by atoms with E-state index in [-0.39, 0.29) is 23.3 Å². The van der Waals surface area contributed by atoms with E-state index in [1.165, 1.54) is 0 Å². The van der Waals surface area contributed by atoms with E-state index < -0.39 is 0 Å². The zero-order valence-corrected chi connectivity index (χ0v) is 15.3. The number of amides is 1. The summed E-state index contributed by atoms with van der Waals surface area (Å²) in [7, 11) is 1.66. The van der Waals surface area contributed by atoms with Gasteiger partial charge < -0.3 is 15.0 Å². The number of carbonyl (C=O) groups excluding carboxylic acids is 1. The lowest BCUT2D eigenvalue weighted by Gasteiger charge is -2.21. The van der Waals surface area contributed by atoms with Crippen LogP contribution in [0.4, 0.5) is 0 Å². The summed E-state index contributed by atoms with van der Waals surface area (Å²) < 4.78 is 5.24. The van der Waals surface area contributed by atoms with Gasteiger partial charge in [0.05, 0.1) is 19.1 Å². The summed E-state index contributed by atoms with van der Waals surface area (Å²) in [6.07, 6.45) is 0.800. The largest absolute Gasteiger partial charge is 0.497 e. The van der Waals surface area contributed by atoms with Crippen molar-refractivity contribution in [2.75, 3.05) is 20.2 Å². The Bertz CT molecular complexity index is 812. The molecule has 2 unspecified atom stereocenters. The van der Waals surface area contributed by atoms with E-state index in [1.54, 1.807) is 7.11 Å². The van der Waals surface area contributed by atoms with Gasteiger partial charge in [-0.1, -0.05) is 26.0 Å². The number of hydrogen-bond donors (Lipinski definition) is 4. The molecule has 0 bridgehead atoms. The highest BCUT2D eigenvalue weighted by atomic mass is 16.5. The SMILES string of the molecule is COc1ccc(C2NNCC2c2nc3c([nH]2)CC(C)(C)CNC3=O)cc1. The van der Waals surface area contributed by atoms with Crippen LogP contribution < -0.4 is 20.9 Å². The Morgan fingerprint density at radius 2 is 2.00 bits per heavy atom. The third-order valence-electron chi connectivity index (χ3n) is 5.20. The Morgan fingerprint density at radius 3 is 2.73 bits per heavy atom. The molecule has 1 aromatic heterocycles. The molecule has 0 radical (unpaired) electrons.